The van der Waals surface area contributed by atoms with Gasteiger partial charge in [0, 0.05) is 75.3 Å². The van der Waals surface area contributed by atoms with Crippen LogP contribution in [0.4, 0.5) is 0 Å². The first-order chi connectivity index (χ1) is 36.7. The van der Waals surface area contributed by atoms with E-state index in [4.69, 9.17) is 28.4 Å². The van der Waals surface area contributed by atoms with E-state index >= 15 is 0 Å². The van der Waals surface area contributed by atoms with Gasteiger partial charge in [0.25, 0.3) is 5.91 Å². The monoisotopic (exact) mass is 1120 g/mol. The summed E-state index contributed by atoms with van der Waals surface area (Å²) in [6.45, 7) is 22.1. The molecule has 0 spiro atoms. The molecule has 3 saturated heterocycles. The van der Waals surface area contributed by atoms with E-state index in [2.05, 4.69) is 12.2 Å². The maximum Gasteiger partial charge on any atom is 0.311 e. The van der Waals surface area contributed by atoms with Gasteiger partial charge in [-0.1, -0.05) is 40.2 Å². The van der Waals surface area contributed by atoms with E-state index in [1.165, 1.54) is 14.0 Å². The van der Waals surface area contributed by atoms with Crippen molar-refractivity contribution in [3.05, 3.63) is 11.6 Å². The fraction of sp³-hybridized carbons (Fsp3) is 0.900. The van der Waals surface area contributed by atoms with Gasteiger partial charge in [-0.05, 0) is 150 Å². The highest BCUT2D eigenvalue weighted by Gasteiger charge is 2.69. The number of nitrogens with one attached hydrogen (secondary N) is 1. The Bertz CT molecular complexity index is 2210. The van der Waals surface area contributed by atoms with Crippen LogP contribution in [0.5, 0.6) is 0 Å². The van der Waals surface area contributed by atoms with Crippen LogP contribution in [0, 0.1) is 46.3 Å². The molecule has 452 valence electrons. The van der Waals surface area contributed by atoms with Gasteiger partial charge in [0.1, 0.15) is 41.4 Å². The first-order valence-corrected chi connectivity index (χ1v) is 29.7. The second kappa shape index (κ2) is 24.2. The van der Waals surface area contributed by atoms with Crippen molar-refractivity contribution >= 4 is 23.4 Å². The van der Waals surface area contributed by atoms with Crippen molar-refractivity contribution in [1.82, 2.24) is 15.1 Å². The Kier molecular flexibility index (Phi) is 19.7. The molecule has 24 atom stereocenters. The van der Waals surface area contributed by atoms with Crippen LogP contribution in [0.15, 0.2) is 11.6 Å². The van der Waals surface area contributed by atoms with Crippen molar-refractivity contribution in [3.8, 4) is 0 Å². The second-order valence-electron chi connectivity index (χ2n) is 27.1. The SMILES string of the molecule is CC[C@H]1OC(=O)[C@H](C)[C@@H](O[C@@H]2C[C@](C)(OC)[C@H](O)C(C)O2)[C@H](C)[C@@H](O[C@@H]2O[C@H](C)C[C@@H](N(C)C)[C@H]2O)[C@](C)(O)C[C@@H](C)CN(CCCNC(=O)[C@@]2(O)CCC3C4CCC5=CC(=O)CC[C@]5(C)C4C(=O)C[C@@]32C)[C@H](C)[C@@H](O)[C@]1(C)O. The molecule has 0 aromatic heterocycles. The number of likely N-dealkylation sites (N-methyl/N-ethyl adjacent to an activating group) is 1. The summed E-state index contributed by atoms with van der Waals surface area (Å²) in [6.07, 6.45) is -4.03. The summed E-state index contributed by atoms with van der Waals surface area (Å²) >= 11 is 0. The van der Waals surface area contributed by atoms with E-state index in [-0.39, 0.29) is 92.6 Å². The van der Waals surface area contributed by atoms with Crippen LogP contribution < -0.4 is 5.32 Å². The number of carbonyl (C=O) groups is 4. The lowest BCUT2D eigenvalue weighted by atomic mass is 9.46. The van der Waals surface area contributed by atoms with Crippen LogP contribution in [-0.4, -0.2) is 201 Å². The summed E-state index contributed by atoms with van der Waals surface area (Å²) in [5.41, 5.74) is -6.89. The lowest BCUT2D eigenvalue weighted by molar-refractivity contribution is -0.318. The summed E-state index contributed by atoms with van der Waals surface area (Å²) in [7, 11) is 5.23. The van der Waals surface area contributed by atoms with Crippen LogP contribution in [-0.2, 0) is 47.6 Å². The van der Waals surface area contributed by atoms with Crippen molar-refractivity contribution in [1.29, 1.82) is 0 Å². The van der Waals surface area contributed by atoms with Gasteiger partial charge in [-0.2, -0.15) is 0 Å². The number of aliphatic hydroxyl groups is 6. The Morgan fingerprint density at radius 2 is 1.58 bits per heavy atom. The van der Waals surface area contributed by atoms with E-state index in [0.717, 1.165) is 18.4 Å². The van der Waals surface area contributed by atoms with Gasteiger partial charge >= 0.3 is 5.97 Å². The highest BCUT2D eigenvalue weighted by atomic mass is 16.7. The summed E-state index contributed by atoms with van der Waals surface area (Å²) in [6, 6.07) is -1.11. The number of methoxy groups -OCH3 is 1. The van der Waals surface area contributed by atoms with Crippen molar-refractivity contribution < 1.29 is 78.2 Å². The predicted octanol–water partition coefficient (Wildman–Crippen LogP) is 4.22. The number of Topliss-reactive ketones (excluding diaryl/α,β-unsaturated/α-hetero) is 1. The van der Waals surface area contributed by atoms with Crippen LogP contribution >= 0.6 is 0 Å². The maximum absolute atomic E-state index is 14.7. The van der Waals surface area contributed by atoms with Gasteiger partial charge in [-0.3, -0.25) is 24.1 Å². The zero-order chi connectivity index (χ0) is 58.7. The van der Waals surface area contributed by atoms with Crippen LogP contribution in [0.2, 0.25) is 0 Å². The van der Waals surface area contributed by atoms with Crippen molar-refractivity contribution in [2.75, 3.05) is 40.8 Å². The number of carbonyl (C=O) groups excluding carboxylic acids is 4. The zero-order valence-electron chi connectivity index (χ0n) is 50.2. The minimum atomic E-state index is -1.98. The molecule has 1 amide bonds. The van der Waals surface area contributed by atoms with E-state index in [9.17, 15) is 49.8 Å². The minimum Gasteiger partial charge on any atom is -0.459 e. The molecular formula is C60H101N3O16. The molecule has 0 bridgehead atoms. The molecule has 4 aliphatic carbocycles. The standard InChI is InChI=1S/C60H101N3O16/c1-16-44-59(12,72)49(67)36(6)63(25-17-24-61-54(70)60(73)23-21-41-40-19-18-38-27-39(64)20-22-55(38,8)46(40)43(65)29-56(41,60)9)31-32(2)28-57(10,71)51(79-53-47(66)42(62(13)14)26-33(3)75-53)34(4)48(35(5)52(69)77-44)78-45-30-58(11,74-15)50(68)37(7)76-45/h27,32-37,40-42,44-51,53,66-68,71-73H,16-26,28-31H2,1-15H3,(H,61,70)/t32-,33-,34+,35-,36-,37?,40?,41?,42-,44-,45-,46?,47-,48+,49-,50-,51-,53+,55+,56+,57-,58+,59-,60+/m1/s1. The third-order valence-electron chi connectivity index (χ3n) is 21.1. The molecule has 7 aliphatic rings. The van der Waals surface area contributed by atoms with Crippen LogP contribution in [0.1, 0.15) is 160 Å². The number of ether oxygens (including phenoxy) is 6. The number of rotatable bonds is 12. The molecule has 19 nitrogen and oxygen atoms in total. The molecule has 19 heteroatoms. The number of nitrogens with zero attached hydrogens (tertiary/aromatic N) is 2. The number of amides is 1. The molecule has 79 heavy (non-hydrogen) atoms. The summed E-state index contributed by atoms with van der Waals surface area (Å²) in [5.74, 6) is -3.72. The quantitative estimate of drug-likeness (QED) is 0.107. The Balaban J connectivity index is 1.15. The van der Waals surface area contributed by atoms with Gasteiger partial charge in [0.15, 0.2) is 18.4 Å². The van der Waals surface area contributed by atoms with Crippen LogP contribution in [0.25, 0.3) is 0 Å². The molecule has 3 saturated carbocycles. The number of cyclic esters (lactones) is 1. The van der Waals surface area contributed by atoms with E-state index in [1.807, 2.05) is 44.7 Å². The first-order valence-electron chi connectivity index (χ1n) is 29.7. The molecule has 0 radical (unpaired) electrons. The minimum absolute atomic E-state index is 0.00234. The predicted molar refractivity (Wildman–Crippen MR) is 293 cm³/mol. The Hall–Kier alpha value is -2.50. The maximum atomic E-state index is 14.7. The smallest absolute Gasteiger partial charge is 0.311 e. The normalized spacial score (nSPS) is 48.7. The number of aliphatic hydroxyl groups excluding tert-OH is 3. The van der Waals surface area contributed by atoms with E-state index in [0.29, 0.717) is 38.6 Å². The molecule has 7 N–H and O–H groups in total. The molecular weight excluding hydrogens is 1020 g/mol. The zero-order valence-corrected chi connectivity index (χ0v) is 50.2. The second-order valence-corrected chi connectivity index (χ2v) is 27.1. The molecule has 0 aromatic carbocycles. The Labute approximate surface area is 470 Å². The average Bonchev–Trinajstić information content (AvgIpc) is 3.96. The van der Waals surface area contributed by atoms with Gasteiger partial charge in [0.05, 0.1) is 41.5 Å². The third-order valence-corrected chi connectivity index (χ3v) is 21.1. The summed E-state index contributed by atoms with van der Waals surface area (Å²) in [4.78, 5) is 59.8. The summed E-state index contributed by atoms with van der Waals surface area (Å²) < 4.78 is 38.3. The molecule has 3 aliphatic heterocycles. The average molecular weight is 1120 g/mol. The van der Waals surface area contributed by atoms with Gasteiger partial charge in [-0.15, -0.1) is 0 Å². The first kappa shape index (κ1) is 64.1. The number of ketones is 2. The number of fused-ring (bicyclic) bond motifs is 5. The lowest BCUT2D eigenvalue weighted by Crippen LogP contribution is -2.62. The topological polar surface area (TPSA) is 264 Å². The van der Waals surface area contributed by atoms with Gasteiger partial charge in [-0.25, -0.2) is 0 Å². The number of esters is 1. The van der Waals surface area contributed by atoms with E-state index < -0.39 is 118 Å². The lowest BCUT2D eigenvalue weighted by Gasteiger charge is -2.57. The molecule has 3 heterocycles. The van der Waals surface area contributed by atoms with Crippen molar-refractivity contribution in [3.63, 3.8) is 0 Å². The fourth-order valence-electron chi connectivity index (χ4n) is 16.3. The molecule has 7 rings (SSSR count). The Morgan fingerprint density at radius 1 is 0.899 bits per heavy atom. The Morgan fingerprint density at radius 3 is 2.23 bits per heavy atom. The molecule has 6 fully saturated rings. The number of hydrogen-bond acceptors (Lipinski definition) is 18. The highest BCUT2D eigenvalue weighted by Crippen LogP contribution is 2.66. The largest absolute Gasteiger partial charge is 0.459 e. The molecule has 4 unspecified atom stereocenters. The highest BCUT2D eigenvalue weighted by molar-refractivity contribution is 5.94. The van der Waals surface area contributed by atoms with Crippen LogP contribution in [0.3, 0.4) is 0 Å². The van der Waals surface area contributed by atoms with Gasteiger partial charge < -0.3 is 69.3 Å². The van der Waals surface area contributed by atoms with Crippen molar-refractivity contribution in [2.24, 2.45) is 46.3 Å². The molecule has 0 aromatic rings. The van der Waals surface area contributed by atoms with Gasteiger partial charge in [0.2, 0.25) is 0 Å². The summed E-state index contributed by atoms with van der Waals surface area (Å²) in [5, 5.41) is 76.2. The van der Waals surface area contributed by atoms with E-state index in [1.54, 1.807) is 54.5 Å². The van der Waals surface area contributed by atoms with Crippen molar-refractivity contribution in [2.45, 2.75) is 256 Å². The number of allylic oxidation sites excluding steroid dienone is 1. The fourth-order valence-corrected chi connectivity index (χ4v) is 16.3. The third kappa shape index (κ3) is 12.2. The number of hydrogen-bond donors (Lipinski definition) is 7.